The average Bonchev–Trinajstić information content (AvgIpc) is 3.68. The van der Waals surface area contributed by atoms with Gasteiger partial charge in [-0.2, -0.15) is 0 Å². The fourth-order valence-electron chi connectivity index (χ4n) is 9.69. The number of nitrogens with one attached hydrogen (secondary N) is 4. The number of rotatable bonds is 20. The van der Waals surface area contributed by atoms with E-state index in [2.05, 4.69) is 27.3 Å². The van der Waals surface area contributed by atoms with Gasteiger partial charge in [-0.15, -0.1) is 0 Å². The van der Waals surface area contributed by atoms with Gasteiger partial charge in [0.15, 0.2) is 0 Å². The highest BCUT2D eigenvalue weighted by Gasteiger charge is 2.44. The van der Waals surface area contributed by atoms with E-state index < -0.39 is 83.0 Å². The number of primary amides is 1. The molecular formula is C59H69N5O11. The van der Waals surface area contributed by atoms with Gasteiger partial charge in [-0.05, 0) is 124 Å². The molecule has 2 aliphatic carbocycles. The molecule has 0 unspecified atom stereocenters. The van der Waals surface area contributed by atoms with E-state index in [-0.39, 0.29) is 44.1 Å². The maximum absolute atomic E-state index is 14.8. The molecular weight excluding hydrogens is 955 g/mol. The molecule has 0 aromatic heterocycles. The van der Waals surface area contributed by atoms with Crippen molar-refractivity contribution in [1.82, 2.24) is 21.3 Å². The van der Waals surface area contributed by atoms with E-state index >= 15 is 0 Å². The second-order valence-corrected chi connectivity index (χ2v) is 21.3. The SMILES string of the molecule is CC(C)(C)OC(=O)C(Oc1ccc(C[C@H](NC(=O)OCC2c3ccccc3-c3ccccc32)C(=O)NC2(C(=O)N[C@@H](CC(N)=O)C(=O)NCCCc3cccc4ccccc34)CCCCC2)cc1)C(=O)OC(C)(C)C. The van der Waals surface area contributed by atoms with Crippen molar-refractivity contribution in [3.63, 3.8) is 0 Å². The van der Waals surface area contributed by atoms with Gasteiger partial charge in [-0.1, -0.05) is 122 Å². The average molecular weight is 1020 g/mol. The van der Waals surface area contributed by atoms with E-state index in [1.165, 1.54) is 12.1 Å². The minimum Gasteiger partial charge on any atom is -0.467 e. The lowest BCUT2D eigenvalue weighted by atomic mass is 9.80. The molecule has 0 heterocycles. The molecule has 0 spiro atoms. The maximum Gasteiger partial charge on any atom is 0.407 e. The highest BCUT2D eigenvalue weighted by molar-refractivity contribution is 5.99. The molecule has 16 nitrogen and oxygen atoms in total. The minimum absolute atomic E-state index is 0.0322. The number of esters is 2. The fraction of sp³-hybridized carbons (Fsp3) is 0.407. The molecule has 7 rings (SSSR count). The van der Waals surface area contributed by atoms with Crippen molar-refractivity contribution in [3.8, 4) is 16.9 Å². The number of ether oxygens (including phenoxy) is 4. The fourth-order valence-corrected chi connectivity index (χ4v) is 9.69. The molecule has 1 fully saturated rings. The molecule has 16 heteroatoms. The Kier molecular flexibility index (Phi) is 17.7. The summed E-state index contributed by atoms with van der Waals surface area (Å²) in [5.41, 5.74) is 7.94. The van der Waals surface area contributed by atoms with Gasteiger partial charge in [0.1, 0.15) is 41.2 Å². The lowest BCUT2D eigenvalue weighted by Gasteiger charge is -2.38. The molecule has 6 N–H and O–H groups in total. The molecule has 396 valence electrons. The van der Waals surface area contributed by atoms with Crippen LogP contribution in [0.5, 0.6) is 5.75 Å². The van der Waals surface area contributed by atoms with Gasteiger partial charge in [0.2, 0.25) is 23.6 Å². The number of benzene rings is 5. The van der Waals surface area contributed by atoms with Crippen LogP contribution in [0.25, 0.3) is 21.9 Å². The number of aryl methyl sites for hydroxylation is 1. The third-order valence-electron chi connectivity index (χ3n) is 13.1. The predicted octanol–water partition coefficient (Wildman–Crippen LogP) is 7.65. The van der Waals surface area contributed by atoms with Crippen molar-refractivity contribution in [2.45, 2.75) is 140 Å². The van der Waals surface area contributed by atoms with Crippen LogP contribution in [0.1, 0.15) is 115 Å². The zero-order chi connectivity index (χ0) is 53.9. The van der Waals surface area contributed by atoms with Crippen LogP contribution >= 0.6 is 0 Å². The number of alkyl carbamates (subject to hydrolysis) is 1. The third kappa shape index (κ3) is 14.7. The summed E-state index contributed by atoms with van der Waals surface area (Å²) in [7, 11) is 0. The molecule has 5 amide bonds. The Bertz CT molecular complexity index is 2800. The molecule has 75 heavy (non-hydrogen) atoms. The molecule has 5 aromatic carbocycles. The number of hydrogen-bond donors (Lipinski definition) is 5. The zero-order valence-corrected chi connectivity index (χ0v) is 43.6. The number of nitrogens with two attached hydrogens (primary N) is 1. The van der Waals surface area contributed by atoms with Crippen molar-refractivity contribution in [1.29, 1.82) is 0 Å². The van der Waals surface area contributed by atoms with Gasteiger partial charge in [0.25, 0.3) is 6.10 Å². The van der Waals surface area contributed by atoms with E-state index in [4.69, 9.17) is 24.7 Å². The Labute approximate surface area is 438 Å². The first kappa shape index (κ1) is 55.0. The predicted molar refractivity (Wildman–Crippen MR) is 283 cm³/mol. The van der Waals surface area contributed by atoms with Crippen molar-refractivity contribution in [2.24, 2.45) is 5.73 Å². The molecule has 2 atom stereocenters. The number of carbonyl (C=O) groups excluding carboxylic acids is 7. The van der Waals surface area contributed by atoms with Crippen LogP contribution in [0.4, 0.5) is 4.79 Å². The van der Waals surface area contributed by atoms with E-state index in [0.717, 1.165) is 45.0 Å². The minimum atomic E-state index is -1.75. The molecule has 5 aromatic rings. The van der Waals surface area contributed by atoms with Crippen molar-refractivity contribution in [3.05, 3.63) is 138 Å². The summed E-state index contributed by atoms with van der Waals surface area (Å²) in [4.78, 5) is 95.8. The molecule has 2 aliphatic rings. The lowest BCUT2D eigenvalue weighted by molar-refractivity contribution is -0.179. The highest BCUT2D eigenvalue weighted by atomic mass is 16.6. The van der Waals surface area contributed by atoms with Crippen molar-refractivity contribution < 1.29 is 52.5 Å². The van der Waals surface area contributed by atoms with E-state index in [1.807, 2.05) is 84.9 Å². The Hall–Kier alpha value is -7.75. The number of carbonyl (C=O) groups is 7. The summed E-state index contributed by atoms with van der Waals surface area (Å²) in [6, 6.07) is 33.5. The van der Waals surface area contributed by atoms with Gasteiger partial charge in [-0.25, -0.2) is 14.4 Å². The van der Waals surface area contributed by atoms with Crippen LogP contribution in [0.2, 0.25) is 0 Å². The van der Waals surface area contributed by atoms with Crippen LogP contribution in [0, 0.1) is 0 Å². The van der Waals surface area contributed by atoms with Gasteiger partial charge in [-0.3, -0.25) is 19.2 Å². The largest absolute Gasteiger partial charge is 0.467 e. The van der Waals surface area contributed by atoms with E-state index in [0.29, 0.717) is 31.2 Å². The first-order valence-electron chi connectivity index (χ1n) is 25.7. The van der Waals surface area contributed by atoms with Crippen LogP contribution in [-0.2, 0) is 55.8 Å². The quantitative estimate of drug-likeness (QED) is 0.0220. The molecule has 0 radical (unpaired) electrons. The van der Waals surface area contributed by atoms with Crippen LogP contribution in [0.15, 0.2) is 115 Å². The van der Waals surface area contributed by atoms with Crippen molar-refractivity contribution >= 4 is 52.4 Å². The molecule has 1 saturated carbocycles. The summed E-state index contributed by atoms with van der Waals surface area (Å²) in [6.07, 6.45) is 0.368. The summed E-state index contributed by atoms with van der Waals surface area (Å²) < 4.78 is 22.7. The zero-order valence-electron chi connectivity index (χ0n) is 43.6. The smallest absolute Gasteiger partial charge is 0.407 e. The van der Waals surface area contributed by atoms with Crippen LogP contribution in [0.3, 0.4) is 0 Å². The van der Waals surface area contributed by atoms with Gasteiger partial charge < -0.3 is 45.9 Å². The monoisotopic (exact) mass is 1020 g/mol. The van der Waals surface area contributed by atoms with E-state index in [1.54, 1.807) is 53.7 Å². The summed E-state index contributed by atoms with van der Waals surface area (Å²) in [5, 5.41) is 13.6. The van der Waals surface area contributed by atoms with Crippen molar-refractivity contribution in [2.75, 3.05) is 13.2 Å². The Morgan fingerprint density at radius 3 is 1.87 bits per heavy atom. The van der Waals surface area contributed by atoms with E-state index in [9.17, 15) is 33.6 Å². The second kappa shape index (κ2) is 24.1. The van der Waals surface area contributed by atoms with Gasteiger partial charge >= 0.3 is 18.0 Å². The summed E-state index contributed by atoms with van der Waals surface area (Å²) in [5.74, 6) is -4.82. The Morgan fingerprint density at radius 2 is 1.25 bits per heavy atom. The Balaban J connectivity index is 1.08. The molecule has 0 bridgehead atoms. The van der Waals surface area contributed by atoms with Crippen LogP contribution < -0.4 is 31.7 Å². The van der Waals surface area contributed by atoms with Crippen LogP contribution in [-0.4, -0.2) is 89.7 Å². The third-order valence-corrected chi connectivity index (χ3v) is 13.1. The number of amides is 5. The number of hydrogen-bond acceptors (Lipinski definition) is 11. The lowest BCUT2D eigenvalue weighted by Crippen LogP contribution is -2.65. The highest BCUT2D eigenvalue weighted by Crippen LogP contribution is 2.44. The van der Waals surface area contributed by atoms with Gasteiger partial charge in [0.05, 0.1) is 6.42 Å². The standard InChI is InChI=1S/C59H69N5O11/c1-57(2,3)74-53(68)50(54(69)75-58(4,5)6)73-40-29-27-37(28-30-40)34-47(63-56(71)72-36-46-44-25-12-10-23-42(44)43-24-11-13-26-45(43)46)52(67)64-59(31-14-7-15-32-59)55(70)62-48(35-49(60)65)51(66)61-33-17-21-39-20-16-19-38-18-8-9-22-41(38)39/h8-13,16,18-20,22-30,46-48,50H,7,14-15,17,21,31-36H2,1-6H3,(H2,60,65)(H,61,66)(H,62,70)(H,63,71)(H,64,67)/t47-,48-/m0/s1. The first-order chi connectivity index (χ1) is 35.7. The maximum atomic E-state index is 14.8. The topological polar surface area (TPSA) is 231 Å². The molecule has 0 saturated heterocycles. The first-order valence-corrected chi connectivity index (χ1v) is 25.7. The normalized spacial score (nSPS) is 14.8. The molecule has 0 aliphatic heterocycles. The second-order valence-electron chi connectivity index (χ2n) is 21.3. The number of fused-ring (bicyclic) bond motifs is 4. The van der Waals surface area contributed by atoms with Gasteiger partial charge in [0, 0.05) is 18.9 Å². The Morgan fingerprint density at radius 1 is 0.667 bits per heavy atom. The summed E-state index contributed by atoms with van der Waals surface area (Å²) >= 11 is 0. The summed E-state index contributed by atoms with van der Waals surface area (Å²) in [6.45, 7) is 10.2.